The Balaban J connectivity index is 2.19. The lowest BCUT2D eigenvalue weighted by molar-refractivity contribution is 0.0755. The maximum Gasteiger partial charge on any atom is 0.274 e. The second-order valence-corrected chi connectivity index (χ2v) is 5.80. The van der Waals surface area contributed by atoms with E-state index in [0.717, 1.165) is 25.0 Å². The predicted octanol–water partition coefficient (Wildman–Crippen LogP) is 3.87. The molecule has 0 aliphatic heterocycles. The molecule has 7 heteroatoms. The van der Waals surface area contributed by atoms with E-state index in [4.69, 9.17) is 0 Å². The lowest BCUT2D eigenvalue weighted by Crippen LogP contribution is -2.32. The van der Waals surface area contributed by atoms with Gasteiger partial charge < -0.3 is 10.2 Å². The van der Waals surface area contributed by atoms with Crippen LogP contribution in [-0.4, -0.2) is 34.8 Å². The van der Waals surface area contributed by atoms with E-state index in [1.165, 1.54) is 18.3 Å². The van der Waals surface area contributed by atoms with Crippen molar-refractivity contribution in [1.29, 1.82) is 0 Å². The van der Waals surface area contributed by atoms with Gasteiger partial charge in [-0.25, -0.2) is 8.78 Å². The molecule has 0 fully saturated rings. The number of nitrogens with zero attached hydrogens (tertiary/aromatic N) is 2. The highest BCUT2D eigenvalue weighted by atomic mass is 19.1. The van der Waals surface area contributed by atoms with Crippen molar-refractivity contribution in [2.45, 2.75) is 26.7 Å². The number of aromatic nitrogens is 1. The largest absolute Gasteiger partial charge is 0.339 e. The average Bonchev–Trinajstić information content (AvgIpc) is 2.63. The highest BCUT2D eigenvalue weighted by Gasteiger charge is 2.17. The first-order chi connectivity index (χ1) is 12.5. The predicted molar refractivity (Wildman–Crippen MR) is 95.0 cm³/mol. The van der Waals surface area contributed by atoms with Crippen molar-refractivity contribution in [1.82, 2.24) is 9.88 Å². The van der Waals surface area contributed by atoms with Crippen molar-refractivity contribution >= 4 is 17.5 Å². The monoisotopic (exact) mass is 361 g/mol. The van der Waals surface area contributed by atoms with Crippen LogP contribution in [0.5, 0.6) is 0 Å². The zero-order valence-corrected chi connectivity index (χ0v) is 14.8. The van der Waals surface area contributed by atoms with Gasteiger partial charge in [-0.1, -0.05) is 13.8 Å². The van der Waals surface area contributed by atoms with Crippen molar-refractivity contribution in [3.05, 3.63) is 59.4 Å². The zero-order chi connectivity index (χ0) is 19.1. The van der Waals surface area contributed by atoms with Crippen LogP contribution in [0, 0.1) is 11.6 Å². The molecule has 2 rings (SSSR count). The van der Waals surface area contributed by atoms with Crippen molar-refractivity contribution in [2.24, 2.45) is 0 Å². The Morgan fingerprint density at radius 3 is 2.38 bits per heavy atom. The van der Waals surface area contributed by atoms with E-state index in [9.17, 15) is 18.4 Å². The summed E-state index contributed by atoms with van der Waals surface area (Å²) in [6.45, 7) is 5.21. The summed E-state index contributed by atoms with van der Waals surface area (Å²) in [5.74, 6) is -2.48. The van der Waals surface area contributed by atoms with E-state index in [2.05, 4.69) is 10.3 Å². The van der Waals surface area contributed by atoms with Crippen molar-refractivity contribution in [3.8, 4) is 0 Å². The molecule has 0 aliphatic rings. The van der Waals surface area contributed by atoms with Crippen LogP contribution in [0.15, 0.2) is 36.5 Å². The molecule has 0 radical (unpaired) electrons. The van der Waals surface area contributed by atoms with Crippen LogP contribution < -0.4 is 5.32 Å². The topological polar surface area (TPSA) is 62.3 Å². The van der Waals surface area contributed by atoms with Crippen LogP contribution in [0.2, 0.25) is 0 Å². The molecule has 2 aromatic rings. The molecule has 5 nitrogen and oxygen atoms in total. The molecule has 0 aliphatic carbocycles. The van der Waals surface area contributed by atoms with Gasteiger partial charge in [-0.2, -0.15) is 0 Å². The van der Waals surface area contributed by atoms with Gasteiger partial charge in [0.05, 0.1) is 5.69 Å². The molecular formula is C19H21F2N3O2. The summed E-state index contributed by atoms with van der Waals surface area (Å²) in [7, 11) is 0. The molecule has 26 heavy (non-hydrogen) atoms. The van der Waals surface area contributed by atoms with Gasteiger partial charge in [-0.15, -0.1) is 0 Å². The number of amides is 2. The fraction of sp³-hybridized carbons (Fsp3) is 0.316. The number of nitrogens with one attached hydrogen (secondary N) is 1. The van der Waals surface area contributed by atoms with Crippen LogP contribution in [0.4, 0.5) is 14.5 Å². The summed E-state index contributed by atoms with van der Waals surface area (Å²) in [4.78, 5) is 30.6. The first-order valence-corrected chi connectivity index (χ1v) is 8.48. The Hall–Kier alpha value is -2.83. The molecule has 1 N–H and O–H groups in total. The fourth-order valence-corrected chi connectivity index (χ4v) is 2.50. The van der Waals surface area contributed by atoms with Gasteiger partial charge in [0.25, 0.3) is 11.8 Å². The summed E-state index contributed by atoms with van der Waals surface area (Å²) in [6, 6.07) is 5.75. The minimum Gasteiger partial charge on any atom is -0.339 e. The molecule has 0 saturated heterocycles. The number of hydrogen-bond acceptors (Lipinski definition) is 3. The summed E-state index contributed by atoms with van der Waals surface area (Å²) in [5.41, 5.74) is 0.160. The third kappa shape index (κ3) is 4.84. The normalized spacial score (nSPS) is 10.5. The van der Waals surface area contributed by atoms with Gasteiger partial charge >= 0.3 is 0 Å². The van der Waals surface area contributed by atoms with Gasteiger partial charge in [0.1, 0.15) is 17.3 Å². The van der Waals surface area contributed by atoms with Gasteiger partial charge in [-0.3, -0.25) is 14.6 Å². The van der Waals surface area contributed by atoms with E-state index in [-0.39, 0.29) is 17.3 Å². The van der Waals surface area contributed by atoms with Crippen LogP contribution in [0.3, 0.4) is 0 Å². The minimum absolute atomic E-state index is 0.0208. The SMILES string of the molecule is CCCN(CCC)C(=O)c1ccnc(C(=O)Nc2ccc(F)cc2F)c1. The molecule has 0 atom stereocenters. The minimum atomic E-state index is -0.886. The molecule has 2 amide bonds. The number of carbonyl (C=O) groups is 2. The molecule has 1 aromatic heterocycles. The highest BCUT2D eigenvalue weighted by molar-refractivity contribution is 6.04. The second kappa shape index (κ2) is 9.03. The van der Waals surface area contributed by atoms with E-state index < -0.39 is 17.5 Å². The van der Waals surface area contributed by atoms with Gasteiger partial charge in [-0.05, 0) is 37.1 Å². The Bertz CT molecular complexity index is 790. The van der Waals surface area contributed by atoms with Crippen molar-refractivity contribution < 1.29 is 18.4 Å². The number of anilines is 1. The van der Waals surface area contributed by atoms with E-state index >= 15 is 0 Å². The quantitative estimate of drug-likeness (QED) is 0.814. The van der Waals surface area contributed by atoms with Crippen LogP contribution in [-0.2, 0) is 0 Å². The average molecular weight is 361 g/mol. The Labute approximate surface area is 151 Å². The molecule has 0 unspecified atom stereocenters. The Kier molecular flexibility index (Phi) is 6.77. The van der Waals surface area contributed by atoms with E-state index in [1.807, 2.05) is 13.8 Å². The third-order valence-electron chi connectivity index (χ3n) is 3.69. The lowest BCUT2D eigenvalue weighted by Gasteiger charge is -2.21. The zero-order valence-electron chi connectivity index (χ0n) is 14.8. The molecule has 1 heterocycles. The Morgan fingerprint density at radius 2 is 1.77 bits per heavy atom. The number of hydrogen-bond donors (Lipinski definition) is 1. The second-order valence-electron chi connectivity index (χ2n) is 5.80. The fourth-order valence-electron chi connectivity index (χ4n) is 2.50. The summed E-state index contributed by atoms with van der Waals surface area (Å²) in [5, 5.41) is 2.33. The lowest BCUT2D eigenvalue weighted by atomic mass is 10.1. The smallest absolute Gasteiger partial charge is 0.274 e. The molecule has 0 bridgehead atoms. The number of carbonyl (C=O) groups excluding carboxylic acids is 2. The van der Waals surface area contributed by atoms with Gasteiger partial charge in [0.15, 0.2) is 0 Å². The molecule has 0 spiro atoms. The standard InChI is InChI=1S/C19H21F2N3O2/c1-3-9-24(10-4-2)19(26)13-7-8-22-17(11-13)18(25)23-16-6-5-14(20)12-15(16)21/h5-8,11-12H,3-4,9-10H2,1-2H3,(H,23,25). The summed E-state index contributed by atoms with van der Waals surface area (Å²) >= 11 is 0. The summed E-state index contributed by atoms with van der Waals surface area (Å²) in [6.07, 6.45) is 3.02. The van der Waals surface area contributed by atoms with E-state index in [1.54, 1.807) is 4.90 Å². The highest BCUT2D eigenvalue weighted by Crippen LogP contribution is 2.16. The molecule has 1 aromatic carbocycles. The van der Waals surface area contributed by atoms with Crippen molar-refractivity contribution in [3.63, 3.8) is 0 Å². The molecule has 138 valence electrons. The first kappa shape index (κ1) is 19.5. The Morgan fingerprint density at radius 1 is 1.08 bits per heavy atom. The third-order valence-corrected chi connectivity index (χ3v) is 3.69. The van der Waals surface area contributed by atoms with Gasteiger partial charge in [0.2, 0.25) is 0 Å². The number of halogens is 2. The number of rotatable bonds is 7. The van der Waals surface area contributed by atoms with Crippen molar-refractivity contribution in [2.75, 3.05) is 18.4 Å². The molecule has 0 saturated carbocycles. The summed E-state index contributed by atoms with van der Waals surface area (Å²) < 4.78 is 26.6. The van der Waals surface area contributed by atoms with Crippen LogP contribution in [0.1, 0.15) is 47.5 Å². The first-order valence-electron chi connectivity index (χ1n) is 8.48. The van der Waals surface area contributed by atoms with Crippen LogP contribution >= 0.6 is 0 Å². The molecular weight excluding hydrogens is 340 g/mol. The van der Waals surface area contributed by atoms with Gasteiger partial charge in [0, 0.05) is 30.9 Å². The maximum absolute atomic E-state index is 13.7. The van der Waals surface area contributed by atoms with E-state index in [0.29, 0.717) is 24.7 Å². The number of pyridine rings is 1. The van der Waals surface area contributed by atoms with Crippen LogP contribution in [0.25, 0.3) is 0 Å². The maximum atomic E-state index is 13.7. The number of benzene rings is 1.